The van der Waals surface area contributed by atoms with Crippen LogP contribution in [0.2, 0.25) is 5.02 Å². The summed E-state index contributed by atoms with van der Waals surface area (Å²) in [4.78, 5) is 41.7. The molecule has 0 saturated heterocycles. The van der Waals surface area contributed by atoms with Crippen molar-refractivity contribution in [1.82, 2.24) is 0 Å². The minimum absolute atomic E-state index is 0.0160. The van der Waals surface area contributed by atoms with E-state index in [0.29, 0.717) is 40.6 Å². The number of benzene rings is 3. The van der Waals surface area contributed by atoms with Crippen molar-refractivity contribution in [2.75, 3.05) is 18.1 Å². The van der Waals surface area contributed by atoms with Crippen molar-refractivity contribution >= 4 is 40.1 Å². The number of hydrogen-bond donors (Lipinski definition) is 0. The number of carbonyl (C=O) groups excluding carboxylic acids is 2. The Balaban J connectivity index is 1.54. The van der Waals surface area contributed by atoms with E-state index < -0.39 is 17.9 Å². The van der Waals surface area contributed by atoms with E-state index in [1.54, 1.807) is 42.5 Å². The first kappa shape index (κ1) is 28.4. The Morgan fingerprint density at radius 3 is 2.34 bits per heavy atom. The van der Waals surface area contributed by atoms with Crippen LogP contribution in [-0.2, 0) is 4.74 Å². The van der Waals surface area contributed by atoms with Crippen LogP contribution in [-0.4, -0.2) is 25.1 Å². The van der Waals surface area contributed by atoms with Crippen molar-refractivity contribution in [2.24, 2.45) is 0 Å². The molecule has 0 spiro atoms. The molecule has 3 aromatic carbocycles. The van der Waals surface area contributed by atoms with Crippen LogP contribution in [0.3, 0.4) is 0 Å². The third kappa shape index (κ3) is 5.86. The second-order valence-electron chi connectivity index (χ2n) is 10.1. The zero-order chi connectivity index (χ0) is 28.9. The summed E-state index contributed by atoms with van der Waals surface area (Å²) in [6.45, 7) is 5.13. The molecule has 1 amide bonds. The number of rotatable bonds is 11. The molecule has 1 atom stereocenters. The van der Waals surface area contributed by atoms with Gasteiger partial charge in [0.25, 0.3) is 5.91 Å². The van der Waals surface area contributed by atoms with Crippen LogP contribution in [0.4, 0.5) is 5.69 Å². The van der Waals surface area contributed by atoms with Gasteiger partial charge in [-0.1, -0.05) is 56.8 Å². The zero-order valence-corrected chi connectivity index (χ0v) is 23.9. The molecule has 0 fully saturated rings. The van der Waals surface area contributed by atoms with Gasteiger partial charge in [-0.3, -0.25) is 14.5 Å². The van der Waals surface area contributed by atoms with Gasteiger partial charge in [0.15, 0.2) is 5.43 Å². The van der Waals surface area contributed by atoms with Crippen molar-refractivity contribution in [3.05, 3.63) is 104 Å². The number of hydrogen-bond acceptors (Lipinski definition) is 6. The molecule has 0 saturated carbocycles. The van der Waals surface area contributed by atoms with Gasteiger partial charge in [0.1, 0.15) is 11.3 Å². The SMILES string of the molecule is CCCCCOc1ccc(C2c3c(oc4ccc(Cl)cc4c3=O)C(=O)N2c2ccc(C(=O)OCCCC)cc2)cc1. The maximum absolute atomic E-state index is 13.9. The minimum Gasteiger partial charge on any atom is -0.494 e. The molecule has 41 heavy (non-hydrogen) atoms. The Labute approximate surface area is 243 Å². The number of nitrogens with zero attached hydrogens (tertiary/aromatic N) is 1. The van der Waals surface area contributed by atoms with Crippen molar-refractivity contribution < 1.29 is 23.5 Å². The van der Waals surface area contributed by atoms with E-state index >= 15 is 0 Å². The van der Waals surface area contributed by atoms with E-state index in [1.165, 1.54) is 4.90 Å². The van der Waals surface area contributed by atoms with Gasteiger partial charge in [-0.15, -0.1) is 0 Å². The van der Waals surface area contributed by atoms with Gasteiger partial charge in [-0.25, -0.2) is 4.79 Å². The van der Waals surface area contributed by atoms with Crippen LogP contribution in [0.1, 0.15) is 84.0 Å². The fourth-order valence-electron chi connectivity index (χ4n) is 4.97. The highest BCUT2D eigenvalue weighted by molar-refractivity contribution is 6.31. The highest BCUT2D eigenvalue weighted by Gasteiger charge is 2.43. The molecule has 212 valence electrons. The van der Waals surface area contributed by atoms with E-state index in [2.05, 4.69) is 6.92 Å². The van der Waals surface area contributed by atoms with Crippen molar-refractivity contribution in [1.29, 1.82) is 0 Å². The Kier molecular flexibility index (Phi) is 8.74. The van der Waals surface area contributed by atoms with Crippen LogP contribution in [0.15, 0.2) is 75.9 Å². The summed E-state index contributed by atoms with van der Waals surface area (Å²) in [5.74, 6) is -0.175. The monoisotopic (exact) mass is 573 g/mol. The van der Waals surface area contributed by atoms with Gasteiger partial charge in [-0.05, 0) is 73.0 Å². The number of anilines is 1. The molecule has 0 radical (unpaired) electrons. The summed E-state index contributed by atoms with van der Waals surface area (Å²) < 4.78 is 17.2. The largest absolute Gasteiger partial charge is 0.494 e. The fourth-order valence-corrected chi connectivity index (χ4v) is 5.14. The standard InChI is InChI=1S/C33H32ClNO6/c1-3-5-7-19-39-25-15-10-21(11-16-25)29-28-30(36)26-20-23(34)12-17-27(26)41-31(28)32(37)35(29)24-13-8-22(9-14-24)33(38)40-18-6-4-2/h8-17,20,29H,3-7,18-19H2,1-2H3. The summed E-state index contributed by atoms with van der Waals surface area (Å²) in [7, 11) is 0. The number of halogens is 1. The summed E-state index contributed by atoms with van der Waals surface area (Å²) >= 11 is 6.20. The number of unbranched alkanes of at least 4 members (excludes halogenated alkanes) is 3. The molecule has 8 heteroatoms. The number of ether oxygens (including phenoxy) is 2. The van der Waals surface area contributed by atoms with E-state index in [9.17, 15) is 14.4 Å². The van der Waals surface area contributed by atoms with Crippen LogP contribution >= 0.6 is 11.6 Å². The molecular weight excluding hydrogens is 542 g/mol. The molecule has 0 aliphatic carbocycles. The Morgan fingerprint density at radius 1 is 0.902 bits per heavy atom. The lowest BCUT2D eigenvalue weighted by Gasteiger charge is -2.25. The molecule has 1 unspecified atom stereocenters. The van der Waals surface area contributed by atoms with Gasteiger partial charge in [0.2, 0.25) is 5.76 Å². The molecule has 5 rings (SSSR count). The Hall–Kier alpha value is -4.10. The van der Waals surface area contributed by atoms with Gasteiger partial charge in [0, 0.05) is 10.7 Å². The summed E-state index contributed by atoms with van der Waals surface area (Å²) in [6, 6.07) is 18.0. The fraction of sp³-hybridized carbons (Fsp3) is 0.303. The van der Waals surface area contributed by atoms with Crippen LogP contribution in [0, 0.1) is 0 Å². The zero-order valence-electron chi connectivity index (χ0n) is 23.2. The molecule has 2 heterocycles. The van der Waals surface area contributed by atoms with Crippen LogP contribution < -0.4 is 15.1 Å². The molecule has 7 nitrogen and oxygen atoms in total. The Bertz CT molecular complexity index is 1610. The van der Waals surface area contributed by atoms with Crippen LogP contribution in [0.25, 0.3) is 11.0 Å². The smallest absolute Gasteiger partial charge is 0.338 e. The number of fused-ring (bicyclic) bond motifs is 2. The van der Waals surface area contributed by atoms with Crippen molar-refractivity contribution in [3.63, 3.8) is 0 Å². The van der Waals surface area contributed by atoms with Crippen LogP contribution in [0.5, 0.6) is 5.75 Å². The van der Waals surface area contributed by atoms with Gasteiger partial charge >= 0.3 is 5.97 Å². The normalized spacial score (nSPS) is 14.4. The molecule has 1 aromatic heterocycles. The maximum Gasteiger partial charge on any atom is 0.338 e. The number of carbonyl (C=O) groups is 2. The highest BCUT2D eigenvalue weighted by Crippen LogP contribution is 2.41. The quantitative estimate of drug-likeness (QED) is 0.135. The summed E-state index contributed by atoms with van der Waals surface area (Å²) in [5.41, 5.74) is 1.82. The lowest BCUT2D eigenvalue weighted by atomic mass is 9.98. The number of amides is 1. The third-order valence-corrected chi connectivity index (χ3v) is 7.39. The second kappa shape index (κ2) is 12.6. The average molecular weight is 574 g/mol. The maximum atomic E-state index is 13.9. The highest BCUT2D eigenvalue weighted by atomic mass is 35.5. The first-order valence-corrected chi connectivity index (χ1v) is 14.4. The first-order valence-electron chi connectivity index (χ1n) is 14.0. The summed E-state index contributed by atoms with van der Waals surface area (Å²) in [6.07, 6.45) is 4.88. The third-order valence-electron chi connectivity index (χ3n) is 7.16. The van der Waals surface area contributed by atoms with E-state index in [-0.39, 0.29) is 22.3 Å². The predicted molar refractivity (Wildman–Crippen MR) is 159 cm³/mol. The van der Waals surface area contributed by atoms with Gasteiger partial charge in [0.05, 0.1) is 35.8 Å². The topological polar surface area (TPSA) is 86.0 Å². The van der Waals surface area contributed by atoms with E-state index in [0.717, 1.165) is 37.7 Å². The van der Waals surface area contributed by atoms with Crippen molar-refractivity contribution in [3.8, 4) is 5.75 Å². The predicted octanol–water partition coefficient (Wildman–Crippen LogP) is 7.72. The molecule has 1 aliphatic rings. The van der Waals surface area contributed by atoms with Crippen molar-refractivity contribution in [2.45, 2.75) is 52.0 Å². The Morgan fingerprint density at radius 2 is 1.63 bits per heavy atom. The van der Waals surface area contributed by atoms with Gasteiger partial charge < -0.3 is 13.9 Å². The molecule has 1 aliphatic heterocycles. The average Bonchev–Trinajstić information content (AvgIpc) is 3.28. The summed E-state index contributed by atoms with van der Waals surface area (Å²) in [5, 5.41) is 0.699. The van der Waals surface area contributed by atoms with E-state index in [4.69, 9.17) is 25.5 Å². The molecular formula is C33H32ClNO6. The second-order valence-corrected chi connectivity index (χ2v) is 10.5. The van der Waals surface area contributed by atoms with Gasteiger partial charge in [-0.2, -0.15) is 0 Å². The van der Waals surface area contributed by atoms with E-state index in [1.807, 2.05) is 31.2 Å². The number of esters is 1. The lowest BCUT2D eigenvalue weighted by Crippen LogP contribution is -2.29. The molecule has 0 N–H and O–H groups in total. The first-order chi connectivity index (χ1) is 19.9. The lowest BCUT2D eigenvalue weighted by molar-refractivity contribution is 0.0499. The molecule has 4 aromatic rings. The minimum atomic E-state index is -0.756. The molecule has 0 bridgehead atoms.